The van der Waals surface area contributed by atoms with Gasteiger partial charge in [-0.15, -0.1) is 0 Å². The summed E-state index contributed by atoms with van der Waals surface area (Å²) in [6.07, 6.45) is 0. The van der Waals surface area contributed by atoms with Crippen molar-refractivity contribution in [2.24, 2.45) is 0 Å². The molecule has 0 aromatic heterocycles. The van der Waals surface area contributed by atoms with E-state index in [0.29, 0.717) is 0 Å². The van der Waals surface area contributed by atoms with Crippen LogP contribution in [0.3, 0.4) is 0 Å². The molecule has 0 rings (SSSR count). The van der Waals surface area contributed by atoms with E-state index >= 15 is 0 Å². The molecule has 0 fully saturated rings. The summed E-state index contributed by atoms with van der Waals surface area (Å²) in [6, 6.07) is 0. The fourth-order valence-electron chi connectivity index (χ4n) is 0. The molecule has 0 aromatic carbocycles. The summed E-state index contributed by atoms with van der Waals surface area (Å²) in [7, 11) is -5.17. The second-order valence-corrected chi connectivity index (χ2v) is 1.72. The summed E-state index contributed by atoms with van der Waals surface area (Å²) in [6.45, 7) is 0.972. The second-order valence-electron chi connectivity index (χ2n) is 0.900. The van der Waals surface area contributed by atoms with Crippen molar-refractivity contribution in [3.8, 4) is 0 Å². The van der Waals surface area contributed by atoms with Gasteiger partial charge in [-0.2, -0.15) is 0 Å². The van der Waals surface area contributed by atoms with Gasteiger partial charge in [-0.05, 0) is 6.92 Å². The Labute approximate surface area is 123 Å². The third-order valence-electron chi connectivity index (χ3n) is 0. The van der Waals surface area contributed by atoms with Crippen molar-refractivity contribution in [3.05, 3.63) is 0 Å². The van der Waals surface area contributed by atoms with Crippen LogP contribution >= 0.6 is 0 Å². The summed E-state index contributed by atoms with van der Waals surface area (Å²) in [4.78, 5) is 8.89. The number of rotatable bonds is 0. The first-order valence-corrected chi connectivity index (χ1v) is 2.91. The van der Waals surface area contributed by atoms with Crippen LogP contribution in [0.1, 0.15) is 6.92 Å². The van der Waals surface area contributed by atoms with Gasteiger partial charge in [-0.25, -0.2) is 0 Å². The minimum absolute atomic E-state index is 0. The zero-order chi connectivity index (χ0) is 8.08. The Bertz CT molecular complexity index is 163. The minimum atomic E-state index is -5.17. The molecule has 9 heteroatoms. The Morgan fingerprint density at radius 3 is 1.27 bits per heavy atom. The Balaban J connectivity index is -0.0000000383. The van der Waals surface area contributed by atoms with Crippen molar-refractivity contribution in [1.29, 1.82) is 0 Å². The van der Waals surface area contributed by atoms with Crippen LogP contribution in [-0.4, -0.2) is 69.0 Å². The van der Waals surface area contributed by atoms with Crippen LogP contribution < -0.4 is 34.7 Å². The zero-order valence-corrected chi connectivity index (χ0v) is 12.4. The van der Waals surface area contributed by atoms with Crippen LogP contribution in [0.4, 0.5) is 0 Å². The molecular formula is C2H3NaO6SSr. The first-order chi connectivity index (χ1) is 3.73. The number of carbonyl (C=O) groups is 1. The van der Waals surface area contributed by atoms with E-state index in [1.807, 2.05) is 0 Å². The first kappa shape index (κ1) is 23.0. The zero-order valence-electron chi connectivity index (χ0n) is 6.06. The van der Waals surface area contributed by atoms with Crippen LogP contribution in [0.5, 0.6) is 0 Å². The van der Waals surface area contributed by atoms with E-state index in [9.17, 15) is 0 Å². The number of carboxylic acids is 1. The van der Waals surface area contributed by atoms with E-state index in [-0.39, 0.29) is 75.0 Å². The van der Waals surface area contributed by atoms with Crippen molar-refractivity contribution < 1.29 is 57.0 Å². The molecule has 0 atom stereocenters. The van der Waals surface area contributed by atoms with Crippen LogP contribution in [0.15, 0.2) is 0 Å². The molecule has 0 saturated carbocycles. The fourth-order valence-corrected chi connectivity index (χ4v) is 0. The third kappa shape index (κ3) is 344. The van der Waals surface area contributed by atoms with Gasteiger partial charge in [0.05, 0.1) is 0 Å². The quantitative estimate of drug-likeness (QED) is 0.244. The van der Waals surface area contributed by atoms with E-state index in [2.05, 4.69) is 0 Å². The van der Waals surface area contributed by atoms with Gasteiger partial charge in [-0.1, -0.05) is 0 Å². The molecule has 0 amide bonds. The summed E-state index contributed by atoms with van der Waals surface area (Å²) in [5.74, 6) is -1.08. The summed E-state index contributed by atoms with van der Waals surface area (Å²) in [5, 5.41) is 8.89. The molecular weight excluding hydrogens is 263 g/mol. The topological polar surface area (TPSA) is 120 Å². The maximum atomic E-state index is 8.89. The average Bonchev–Trinajstić information content (AvgIpc) is 1.19. The van der Waals surface area contributed by atoms with Crippen molar-refractivity contribution in [1.82, 2.24) is 0 Å². The summed E-state index contributed by atoms with van der Waals surface area (Å²) < 4.78 is 34.1. The van der Waals surface area contributed by atoms with Crippen LogP contribution in [0.2, 0.25) is 0 Å². The third-order valence-corrected chi connectivity index (χ3v) is 0. The van der Waals surface area contributed by atoms with E-state index < -0.39 is 16.4 Å². The standard InChI is InChI=1S/C2H4O2.Na.H2O4S.Sr/c1-2(3)4;;1-5(2,3)4;/h1H3,(H,3,4);;(H2,1,2,3,4);/q;+1;;+2/p-3. The molecule has 0 unspecified atom stereocenters. The number of carboxylic acid groups (broad SMARTS) is 1. The van der Waals surface area contributed by atoms with Gasteiger partial charge in [0, 0.05) is 16.4 Å². The van der Waals surface area contributed by atoms with Crippen molar-refractivity contribution >= 4 is 61.8 Å². The summed E-state index contributed by atoms with van der Waals surface area (Å²) in [5.41, 5.74) is 0. The van der Waals surface area contributed by atoms with E-state index in [0.717, 1.165) is 6.92 Å². The van der Waals surface area contributed by atoms with Gasteiger partial charge in [0.2, 0.25) is 0 Å². The molecule has 0 aliphatic carbocycles. The maximum Gasteiger partial charge on any atom is 2.00 e. The minimum Gasteiger partial charge on any atom is -0.759 e. The van der Waals surface area contributed by atoms with E-state index in [1.54, 1.807) is 0 Å². The molecule has 0 aliphatic heterocycles. The van der Waals surface area contributed by atoms with Crippen LogP contribution in [0.25, 0.3) is 0 Å². The molecule has 56 valence electrons. The van der Waals surface area contributed by atoms with Gasteiger partial charge in [0.1, 0.15) is 0 Å². The first-order valence-electron chi connectivity index (χ1n) is 1.57. The monoisotopic (exact) mass is 266 g/mol. The van der Waals surface area contributed by atoms with E-state index in [1.165, 1.54) is 0 Å². The maximum absolute atomic E-state index is 8.89. The number of aliphatic carboxylic acids is 1. The van der Waals surface area contributed by atoms with Crippen LogP contribution in [-0.2, 0) is 15.2 Å². The van der Waals surface area contributed by atoms with E-state index in [4.69, 9.17) is 27.4 Å². The smallest absolute Gasteiger partial charge is 0.759 e. The fraction of sp³-hybridized carbons (Fsp3) is 0.500. The van der Waals surface area contributed by atoms with Gasteiger partial charge >= 0.3 is 75.0 Å². The molecule has 0 N–H and O–H groups in total. The molecule has 11 heavy (non-hydrogen) atoms. The molecule has 0 heterocycles. The number of hydrogen-bond donors (Lipinski definition) is 0. The van der Waals surface area contributed by atoms with Crippen LogP contribution in [0, 0.1) is 0 Å². The second kappa shape index (κ2) is 11.8. The Morgan fingerprint density at radius 2 is 1.27 bits per heavy atom. The largest absolute Gasteiger partial charge is 2.00 e. The molecule has 6 nitrogen and oxygen atoms in total. The van der Waals surface area contributed by atoms with Gasteiger partial charge in [0.15, 0.2) is 0 Å². The molecule has 0 radical (unpaired) electrons. The van der Waals surface area contributed by atoms with Gasteiger partial charge in [-0.3, -0.25) is 8.42 Å². The van der Waals surface area contributed by atoms with Crippen molar-refractivity contribution in [2.75, 3.05) is 0 Å². The predicted octanol–water partition coefficient (Wildman–Crippen LogP) is -5.96. The predicted molar refractivity (Wildman–Crippen MR) is 26.9 cm³/mol. The summed E-state index contributed by atoms with van der Waals surface area (Å²) >= 11 is 0. The SMILES string of the molecule is CC(=O)[O-].O=S(=O)([O-])[O-].[Na+].[Sr+2]. The van der Waals surface area contributed by atoms with Crippen molar-refractivity contribution in [2.45, 2.75) is 6.92 Å². The molecule has 0 bridgehead atoms. The van der Waals surface area contributed by atoms with Gasteiger partial charge in [0.25, 0.3) is 0 Å². The molecule has 0 aromatic rings. The number of hydrogen-bond acceptors (Lipinski definition) is 6. The molecule has 0 aliphatic rings. The number of carbonyl (C=O) groups excluding carboxylic acids is 1. The average molecular weight is 266 g/mol. The normalized spacial score (nSPS) is 7.55. The van der Waals surface area contributed by atoms with Crippen molar-refractivity contribution in [3.63, 3.8) is 0 Å². The molecule has 0 saturated heterocycles. The Hall–Kier alpha value is 1.82. The van der Waals surface area contributed by atoms with Gasteiger partial charge < -0.3 is 19.0 Å². The molecule has 0 spiro atoms. The Morgan fingerprint density at radius 1 is 1.27 bits per heavy atom. The Kier molecular flexibility index (Phi) is 24.7.